The Kier molecular flexibility index (Phi) is 6.38. The Morgan fingerprint density at radius 1 is 1.41 bits per heavy atom. The number of thiophene rings is 1. The average Bonchev–Trinajstić information content (AvgIpc) is 3.09. The van der Waals surface area contributed by atoms with Crippen molar-refractivity contribution in [1.82, 2.24) is 10.2 Å². The molecule has 2 aliphatic heterocycles. The van der Waals surface area contributed by atoms with Crippen LogP contribution < -0.4 is 5.32 Å². The predicted molar refractivity (Wildman–Crippen MR) is 118 cm³/mol. The molecule has 3 rings (SSSR count). The number of halogens is 1. The van der Waals surface area contributed by atoms with Crippen molar-refractivity contribution in [3.8, 4) is 0 Å². The molecule has 0 aromatic carbocycles. The van der Waals surface area contributed by atoms with Crippen molar-refractivity contribution in [3.05, 3.63) is 33.7 Å². The minimum atomic E-state index is -2.08. The molecule has 2 amide bonds. The van der Waals surface area contributed by atoms with Crippen LogP contribution >= 0.6 is 45.7 Å². The van der Waals surface area contributed by atoms with Crippen molar-refractivity contribution < 1.29 is 18.8 Å². The lowest BCUT2D eigenvalue weighted by molar-refractivity contribution is -0.150. The second kappa shape index (κ2) is 8.25. The molecule has 0 unspecified atom stereocenters. The molecule has 1 aromatic heterocycles. The van der Waals surface area contributed by atoms with Crippen molar-refractivity contribution >= 4 is 71.8 Å². The fraction of sp³-hybridized carbons (Fsp3) is 0.471. The van der Waals surface area contributed by atoms with Crippen molar-refractivity contribution in [1.29, 1.82) is 0 Å². The zero-order valence-corrected chi connectivity index (χ0v) is 20.1. The molecule has 1 aromatic rings. The highest BCUT2D eigenvalue weighted by Gasteiger charge is 2.54. The third-order valence-electron chi connectivity index (χ3n) is 4.03. The van der Waals surface area contributed by atoms with E-state index >= 15 is 0 Å². The molecular weight excluding hydrogens is 515 g/mol. The van der Waals surface area contributed by atoms with Gasteiger partial charge in [0.2, 0.25) is 14.2 Å². The zero-order chi connectivity index (χ0) is 19.8. The van der Waals surface area contributed by atoms with Crippen molar-refractivity contribution in [2.75, 3.05) is 10.2 Å². The Morgan fingerprint density at radius 2 is 2.15 bits per heavy atom. The van der Waals surface area contributed by atoms with E-state index in [0.717, 1.165) is 10.5 Å². The number of β-lactam (4-membered cyclic amide) rings is 1. The van der Waals surface area contributed by atoms with E-state index in [4.69, 9.17) is 4.43 Å². The quantitative estimate of drug-likeness (QED) is 0.262. The zero-order valence-electron chi connectivity index (χ0n) is 15.3. The third kappa shape index (κ3) is 4.60. The van der Waals surface area contributed by atoms with Gasteiger partial charge in [0.05, 0.1) is 6.42 Å². The lowest BCUT2D eigenvalue weighted by Gasteiger charge is -2.50. The van der Waals surface area contributed by atoms with Crippen LogP contribution in [0.15, 0.2) is 28.8 Å². The second-order valence-electron chi connectivity index (χ2n) is 7.30. The van der Waals surface area contributed by atoms with Gasteiger partial charge in [-0.1, -0.05) is 28.7 Å². The first-order valence-electron chi connectivity index (χ1n) is 8.49. The van der Waals surface area contributed by atoms with E-state index in [0.29, 0.717) is 15.9 Å². The molecule has 146 valence electrons. The highest BCUT2D eigenvalue weighted by molar-refractivity contribution is 14.1. The summed E-state index contributed by atoms with van der Waals surface area (Å²) in [6, 6.07) is 3.20. The van der Waals surface area contributed by atoms with Gasteiger partial charge >= 0.3 is 5.97 Å². The van der Waals surface area contributed by atoms with E-state index < -0.39 is 20.3 Å². The number of rotatable bonds is 6. The molecule has 0 bridgehead atoms. The minimum Gasteiger partial charge on any atom is -0.515 e. The summed E-state index contributed by atoms with van der Waals surface area (Å²) >= 11 is 5.30. The van der Waals surface area contributed by atoms with E-state index in [2.05, 4.69) is 27.9 Å². The summed E-state index contributed by atoms with van der Waals surface area (Å²) in [6.07, 6.45) is 0.262. The molecule has 0 aliphatic carbocycles. The summed E-state index contributed by atoms with van der Waals surface area (Å²) in [5, 5.41) is 4.50. The van der Waals surface area contributed by atoms with Crippen LogP contribution in [-0.2, 0) is 25.2 Å². The van der Waals surface area contributed by atoms with Crippen LogP contribution in [0.2, 0.25) is 19.6 Å². The van der Waals surface area contributed by atoms with Crippen LogP contribution in [-0.4, -0.2) is 52.6 Å². The number of fused-ring (bicyclic) bond motifs is 1. The Morgan fingerprint density at radius 3 is 2.74 bits per heavy atom. The lowest BCUT2D eigenvalue weighted by atomic mass is 10.0. The number of hydrogen-bond acceptors (Lipinski definition) is 6. The second-order valence-corrected chi connectivity index (χ2v) is 14.6. The van der Waals surface area contributed by atoms with Crippen LogP contribution in [0.4, 0.5) is 0 Å². The smallest absolute Gasteiger partial charge is 0.341 e. The molecule has 3 heterocycles. The van der Waals surface area contributed by atoms with Gasteiger partial charge in [-0.2, -0.15) is 0 Å². The van der Waals surface area contributed by atoms with Crippen LogP contribution in [0.25, 0.3) is 0 Å². The first-order valence-corrected chi connectivity index (χ1v) is 15.3. The van der Waals surface area contributed by atoms with Crippen LogP contribution in [0, 0.1) is 0 Å². The Labute approximate surface area is 181 Å². The predicted octanol–water partition coefficient (Wildman–Crippen LogP) is 2.76. The van der Waals surface area contributed by atoms with E-state index in [1.54, 1.807) is 11.8 Å². The van der Waals surface area contributed by atoms with E-state index in [1.807, 2.05) is 37.2 Å². The first kappa shape index (κ1) is 20.9. The van der Waals surface area contributed by atoms with Gasteiger partial charge in [0.15, 0.2) is 0 Å². The van der Waals surface area contributed by atoms with Crippen LogP contribution in [0.5, 0.6) is 0 Å². The van der Waals surface area contributed by atoms with Crippen LogP contribution in [0.1, 0.15) is 4.88 Å². The number of carbonyl (C=O) groups is 3. The summed E-state index contributed by atoms with van der Waals surface area (Å²) in [5.74, 6) is -0.171. The summed E-state index contributed by atoms with van der Waals surface area (Å²) < 4.78 is 6.31. The average molecular weight is 536 g/mol. The summed E-state index contributed by atoms with van der Waals surface area (Å²) in [5.41, 5.74) is 1.29. The Hall–Kier alpha value is -0.853. The summed E-state index contributed by atoms with van der Waals surface area (Å²) in [6.45, 7) is 5.82. The van der Waals surface area contributed by atoms with Gasteiger partial charge in [-0.15, -0.1) is 23.1 Å². The first-order chi connectivity index (χ1) is 12.7. The number of carbonyl (C=O) groups excluding carboxylic acids is 3. The standard InChI is InChI=1S/C17H21IN2O4S2Si/c1-27(2,3)24-17(23)14-10(8-18)9-26-16-13(15(22)20(14)16)19-12(21)7-11-5-4-6-25-11/h4-6,13,16H,7-9H2,1-3H3,(H,19,21)/t13-,16+/m1/s1. The third-order valence-corrected chi connectivity index (χ3v) is 7.97. The molecule has 0 saturated carbocycles. The van der Waals surface area contributed by atoms with Gasteiger partial charge in [-0.05, 0) is 36.7 Å². The minimum absolute atomic E-state index is 0.175. The SMILES string of the molecule is C[Si](C)(C)OC(=O)C1=C(CI)CS[C@H]2[C@H](NC(=O)Cc3cccs3)C(=O)N12. The summed E-state index contributed by atoms with van der Waals surface area (Å²) in [7, 11) is -2.08. The number of alkyl halides is 1. The van der Waals surface area contributed by atoms with E-state index in [1.165, 1.54) is 16.2 Å². The maximum atomic E-state index is 12.7. The molecule has 27 heavy (non-hydrogen) atoms. The molecule has 10 heteroatoms. The topological polar surface area (TPSA) is 75.7 Å². The largest absolute Gasteiger partial charge is 0.515 e. The molecule has 0 radical (unpaired) electrons. The number of amides is 2. The molecule has 1 N–H and O–H groups in total. The molecule has 1 fully saturated rings. The molecule has 1 saturated heterocycles. The van der Waals surface area contributed by atoms with Gasteiger partial charge < -0.3 is 9.74 Å². The Balaban J connectivity index is 1.72. The molecule has 6 nitrogen and oxygen atoms in total. The normalized spacial score (nSPS) is 22.2. The number of nitrogens with one attached hydrogen (secondary N) is 1. The Bertz CT molecular complexity index is 791. The van der Waals surface area contributed by atoms with Gasteiger partial charge in [0.25, 0.3) is 5.91 Å². The summed E-state index contributed by atoms with van der Waals surface area (Å²) in [4.78, 5) is 40.2. The molecule has 2 aliphatic rings. The van der Waals surface area contributed by atoms with Gasteiger partial charge in [-0.3, -0.25) is 14.5 Å². The maximum absolute atomic E-state index is 12.7. The number of nitrogens with zero attached hydrogens (tertiary/aromatic N) is 1. The van der Waals surface area contributed by atoms with E-state index in [9.17, 15) is 14.4 Å². The highest BCUT2D eigenvalue weighted by atomic mass is 127. The van der Waals surface area contributed by atoms with Crippen molar-refractivity contribution in [2.24, 2.45) is 0 Å². The van der Waals surface area contributed by atoms with Gasteiger partial charge in [0, 0.05) is 15.1 Å². The number of hydrogen-bond donors (Lipinski definition) is 1. The monoisotopic (exact) mass is 536 g/mol. The van der Waals surface area contributed by atoms with Crippen molar-refractivity contribution in [2.45, 2.75) is 37.5 Å². The fourth-order valence-electron chi connectivity index (χ4n) is 2.90. The fourth-order valence-corrected chi connectivity index (χ4v) is 6.60. The van der Waals surface area contributed by atoms with Crippen LogP contribution in [0.3, 0.4) is 0 Å². The lowest BCUT2D eigenvalue weighted by Crippen LogP contribution is -2.70. The number of thioether (sulfide) groups is 1. The van der Waals surface area contributed by atoms with Gasteiger partial charge in [-0.25, -0.2) is 4.79 Å². The molecule has 0 spiro atoms. The molecular formula is C17H21IN2O4S2Si. The molecule has 2 atom stereocenters. The van der Waals surface area contributed by atoms with Gasteiger partial charge in [0.1, 0.15) is 17.1 Å². The van der Waals surface area contributed by atoms with E-state index in [-0.39, 0.29) is 23.6 Å². The maximum Gasteiger partial charge on any atom is 0.341 e. The highest BCUT2D eigenvalue weighted by Crippen LogP contribution is 2.41. The van der Waals surface area contributed by atoms with Crippen molar-refractivity contribution in [3.63, 3.8) is 0 Å².